The SMILES string of the molecule is Cc1nn(C)c(CN)c1-c1ccc2[nH]c(=O)oc2c1. The van der Waals surface area contributed by atoms with Crippen LogP contribution < -0.4 is 11.5 Å². The van der Waals surface area contributed by atoms with Crippen LogP contribution in [0.25, 0.3) is 22.2 Å². The highest BCUT2D eigenvalue weighted by molar-refractivity contribution is 5.81. The molecular weight excluding hydrogens is 244 g/mol. The van der Waals surface area contributed by atoms with Crippen molar-refractivity contribution in [3.63, 3.8) is 0 Å². The lowest BCUT2D eigenvalue weighted by molar-refractivity contribution is 0.555. The summed E-state index contributed by atoms with van der Waals surface area (Å²) < 4.78 is 6.86. The molecule has 0 fully saturated rings. The third kappa shape index (κ3) is 1.77. The molecule has 3 N–H and O–H groups in total. The molecule has 3 aromatic rings. The molecule has 0 aliphatic carbocycles. The van der Waals surface area contributed by atoms with Crippen LogP contribution in [0.4, 0.5) is 0 Å². The molecule has 0 aliphatic rings. The van der Waals surface area contributed by atoms with E-state index in [1.807, 2.05) is 32.2 Å². The number of aryl methyl sites for hydroxylation is 2. The quantitative estimate of drug-likeness (QED) is 0.724. The number of hydrogen-bond donors (Lipinski definition) is 2. The molecule has 98 valence electrons. The van der Waals surface area contributed by atoms with Crippen LogP contribution in [0.1, 0.15) is 11.4 Å². The molecule has 3 rings (SSSR count). The highest BCUT2D eigenvalue weighted by Gasteiger charge is 2.15. The van der Waals surface area contributed by atoms with Gasteiger partial charge in [0.1, 0.15) is 0 Å². The van der Waals surface area contributed by atoms with Gasteiger partial charge in [0.15, 0.2) is 5.58 Å². The molecule has 0 aliphatic heterocycles. The van der Waals surface area contributed by atoms with Gasteiger partial charge in [0.05, 0.1) is 16.9 Å². The minimum atomic E-state index is -0.450. The molecule has 0 saturated carbocycles. The molecule has 6 heteroatoms. The molecule has 2 aromatic heterocycles. The van der Waals surface area contributed by atoms with E-state index in [1.165, 1.54) is 0 Å². The number of nitrogens with one attached hydrogen (secondary N) is 1. The van der Waals surface area contributed by atoms with Crippen molar-refractivity contribution in [1.29, 1.82) is 0 Å². The number of hydrogen-bond acceptors (Lipinski definition) is 4. The highest BCUT2D eigenvalue weighted by atomic mass is 16.4. The van der Waals surface area contributed by atoms with Crippen LogP contribution in [0, 0.1) is 6.92 Å². The lowest BCUT2D eigenvalue weighted by atomic mass is 10.0. The summed E-state index contributed by atoms with van der Waals surface area (Å²) in [6.07, 6.45) is 0. The van der Waals surface area contributed by atoms with E-state index in [1.54, 1.807) is 4.68 Å². The zero-order chi connectivity index (χ0) is 13.6. The van der Waals surface area contributed by atoms with Gasteiger partial charge in [-0.3, -0.25) is 9.67 Å². The van der Waals surface area contributed by atoms with Crippen LogP contribution in [0.5, 0.6) is 0 Å². The Kier molecular flexibility index (Phi) is 2.53. The average molecular weight is 258 g/mol. The van der Waals surface area contributed by atoms with Crippen molar-refractivity contribution in [3.05, 3.63) is 40.1 Å². The molecule has 0 saturated heterocycles. The first-order chi connectivity index (χ1) is 9.10. The van der Waals surface area contributed by atoms with Gasteiger partial charge in [-0.15, -0.1) is 0 Å². The number of benzene rings is 1. The molecule has 0 unspecified atom stereocenters. The Bertz CT molecular complexity index is 810. The second-order valence-electron chi connectivity index (χ2n) is 4.46. The normalized spacial score (nSPS) is 11.3. The zero-order valence-corrected chi connectivity index (χ0v) is 10.7. The summed E-state index contributed by atoms with van der Waals surface area (Å²) in [5.74, 6) is -0.450. The summed E-state index contributed by atoms with van der Waals surface area (Å²) in [7, 11) is 1.87. The van der Waals surface area contributed by atoms with E-state index >= 15 is 0 Å². The van der Waals surface area contributed by atoms with Crippen LogP contribution in [0.2, 0.25) is 0 Å². The fraction of sp³-hybridized carbons (Fsp3) is 0.231. The summed E-state index contributed by atoms with van der Waals surface area (Å²) in [4.78, 5) is 13.8. The topological polar surface area (TPSA) is 89.8 Å². The van der Waals surface area contributed by atoms with Crippen molar-refractivity contribution in [2.75, 3.05) is 0 Å². The Hall–Kier alpha value is -2.34. The van der Waals surface area contributed by atoms with Crippen LogP contribution in [0.3, 0.4) is 0 Å². The average Bonchev–Trinajstić information content (AvgIpc) is 2.86. The predicted molar refractivity (Wildman–Crippen MR) is 71.7 cm³/mol. The summed E-state index contributed by atoms with van der Waals surface area (Å²) in [6, 6.07) is 5.58. The first kappa shape index (κ1) is 11.7. The van der Waals surface area contributed by atoms with Gasteiger partial charge in [-0.25, -0.2) is 4.79 Å². The van der Waals surface area contributed by atoms with Gasteiger partial charge in [0, 0.05) is 19.2 Å². The predicted octanol–water partition coefficient (Wildman–Crippen LogP) is 1.29. The number of nitrogens with zero attached hydrogens (tertiary/aromatic N) is 2. The standard InChI is InChI=1S/C13H14N4O2/c1-7-12(10(6-14)17(2)16-7)8-3-4-9-11(5-8)19-13(18)15-9/h3-5H,6,14H2,1-2H3,(H,15,18). The van der Waals surface area contributed by atoms with Crippen molar-refractivity contribution >= 4 is 11.1 Å². The summed E-state index contributed by atoms with van der Waals surface area (Å²) in [5.41, 5.74) is 10.8. The Morgan fingerprint density at radius 1 is 1.47 bits per heavy atom. The summed E-state index contributed by atoms with van der Waals surface area (Å²) in [6.45, 7) is 2.34. The van der Waals surface area contributed by atoms with E-state index in [-0.39, 0.29) is 0 Å². The lowest BCUT2D eigenvalue weighted by Crippen LogP contribution is -2.05. The summed E-state index contributed by atoms with van der Waals surface area (Å²) in [5, 5.41) is 4.38. The van der Waals surface area contributed by atoms with Gasteiger partial charge in [0.25, 0.3) is 0 Å². The molecule has 19 heavy (non-hydrogen) atoms. The molecular formula is C13H14N4O2. The van der Waals surface area contributed by atoms with Gasteiger partial charge < -0.3 is 10.2 Å². The Balaban J connectivity index is 2.26. The Labute approximate surface area is 108 Å². The third-order valence-corrected chi connectivity index (χ3v) is 3.24. The van der Waals surface area contributed by atoms with Crippen LogP contribution >= 0.6 is 0 Å². The van der Waals surface area contributed by atoms with Crippen molar-refractivity contribution < 1.29 is 4.42 Å². The van der Waals surface area contributed by atoms with Gasteiger partial charge in [-0.2, -0.15) is 5.10 Å². The zero-order valence-electron chi connectivity index (χ0n) is 10.7. The van der Waals surface area contributed by atoms with E-state index in [9.17, 15) is 4.79 Å². The number of oxazole rings is 1. The second kappa shape index (κ2) is 4.10. The van der Waals surface area contributed by atoms with E-state index in [0.717, 1.165) is 22.5 Å². The van der Waals surface area contributed by atoms with Crippen molar-refractivity contribution in [2.45, 2.75) is 13.5 Å². The molecule has 0 radical (unpaired) electrons. The lowest BCUT2D eigenvalue weighted by Gasteiger charge is -2.04. The Morgan fingerprint density at radius 2 is 2.26 bits per heavy atom. The van der Waals surface area contributed by atoms with E-state index in [0.29, 0.717) is 17.6 Å². The maximum Gasteiger partial charge on any atom is 0.417 e. The number of H-pyrrole nitrogens is 1. The van der Waals surface area contributed by atoms with E-state index in [4.69, 9.17) is 10.2 Å². The monoisotopic (exact) mass is 258 g/mol. The molecule has 1 aromatic carbocycles. The molecule has 6 nitrogen and oxygen atoms in total. The fourth-order valence-electron chi connectivity index (χ4n) is 2.42. The number of fused-ring (bicyclic) bond motifs is 1. The Morgan fingerprint density at radius 3 is 3.00 bits per heavy atom. The fourth-order valence-corrected chi connectivity index (χ4v) is 2.42. The van der Waals surface area contributed by atoms with Crippen LogP contribution in [0.15, 0.2) is 27.4 Å². The van der Waals surface area contributed by atoms with E-state index < -0.39 is 5.76 Å². The number of aromatic amines is 1. The van der Waals surface area contributed by atoms with E-state index in [2.05, 4.69) is 10.1 Å². The summed E-state index contributed by atoms with van der Waals surface area (Å²) >= 11 is 0. The second-order valence-corrected chi connectivity index (χ2v) is 4.46. The minimum Gasteiger partial charge on any atom is -0.408 e. The number of nitrogens with two attached hydrogens (primary N) is 1. The molecule has 0 amide bonds. The molecule has 0 atom stereocenters. The molecule has 0 bridgehead atoms. The van der Waals surface area contributed by atoms with Crippen molar-refractivity contribution in [1.82, 2.24) is 14.8 Å². The van der Waals surface area contributed by atoms with Gasteiger partial charge in [-0.05, 0) is 24.6 Å². The molecule has 0 spiro atoms. The smallest absolute Gasteiger partial charge is 0.408 e. The van der Waals surface area contributed by atoms with Gasteiger partial charge in [0.2, 0.25) is 0 Å². The third-order valence-electron chi connectivity index (χ3n) is 3.24. The van der Waals surface area contributed by atoms with Gasteiger partial charge >= 0.3 is 5.76 Å². The maximum absolute atomic E-state index is 11.2. The maximum atomic E-state index is 11.2. The van der Waals surface area contributed by atoms with Crippen molar-refractivity contribution in [3.8, 4) is 11.1 Å². The van der Waals surface area contributed by atoms with Crippen molar-refractivity contribution in [2.24, 2.45) is 12.8 Å². The van der Waals surface area contributed by atoms with Gasteiger partial charge in [-0.1, -0.05) is 6.07 Å². The number of aromatic nitrogens is 3. The van der Waals surface area contributed by atoms with Crippen LogP contribution in [-0.4, -0.2) is 14.8 Å². The van der Waals surface area contributed by atoms with Crippen LogP contribution in [-0.2, 0) is 13.6 Å². The first-order valence-corrected chi connectivity index (χ1v) is 5.96. The number of rotatable bonds is 2. The first-order valence-electron chi connectivity index (χ1n) is 5.96. The largest absolute Gasteiger partial charge is 0.417 e. The minimum absolute atomic E-state index is 0.405. The molecule has 2 heterocycles. The highest BCUT2D eigenvalue weighted by Crippen LogP contribution is 2.28.